The normalized spacial score (nSPS) is 20.5. The van der Waals surface area contributed by atoms with Crippen LogP contribution in [0.25, 0.3) is 16.3 Å². The van der Waals surface area contributed by atoms with Gasteiger partial charge in [-0.1, -0.05) is 67.5 Å². The van der Waals surface area contributed by atoms with Crippen molar-refractivity contribution in [3.05, 3.63) is 72.2 Å². The van der Waals surface area contributed by atoms with Gasteiger partial charge < -0.3 is 0 Å². The van der Waals surface area contributed by atoms with Crippen LogP contribution in [-0.2, 0) is 6.42 Å². The lowest BCUT2D eigenvalue weighted by molar-refractivity contribution is 0.537. The van der Waals surface area contributed by atoms with E-state index in [1.807, 2.05) is 0 Å². The first-order chi connectivity index (χ1) is 10.4. The summed E-state index contributed by atoms with van der Waals surface area (Å²) in [7, 11) is 0. The summed E-state index contributed by atoms with van der Waals surface area (Å²) >= 11 is 0. The van der Waals surface area contributed by atoms with Crippen molar-refractivity contribution in [3.8, 4) is 0 Å². The molecule has 0 aliphatic heterocycles. The summed E-state index contributed by atoms with van der Waals surface area (Å²) in [5.41, 5.74) is 6.22. The predicted octanol–water partition coefficient (Wildman–Crippen LogP) is 5.73. The second kappa shape index (κ2) is 5.18. The molecule has 21 heavy (non-hydrogen) atoms. The quantitative estimate of drug-likeness (QED) is 0.655. The van der Waals surface area contributed by atoms with E-state index in [9.17, 15) is 0 Å². The van der Waals surface area contributed by atoms with Crippen LogP contribution in [0.3, 0.4) is 0 Å². The Morgan fingerprint density at radius 3 is 2.90 bits per heavy atom. The van der Waals surface area contributed by atoms with Crippen LogP contribution in [0, 0.1) is 12.8 Å². The maximum Gasteiger partial charge on any atom is -0.0146 e. The van der Waals surface area contributed by atoms with Gasteiger partial charge in [-0.3, -0.25) is 0 Å². The minimum Gasteiger partial charge on any atom is -0.0836 e. The van der Waals surface area contributed by atoms with E-state index in [2.05, 4.69) is 55.5 Å². The zero-order valence-electron chi connectivity index (χ0n) is 12.4. The van der Waals surface area contributed by atoms with Crippen molar-refractivity contribution >= 4 is 16.3 Å². The SMILES string of the molecule is [CH2]CC[C@H]1Cc2c(ccc3ccccc23)C2=C1CCC=C2. The molecule has 0 N–H and O–H groups in total. The molecule has 0 spiro atoms. The Balaban J connectivity index is 1.96. The smallest absolute Gasteiger partial charge is 0.0146 e. The zero-order chi connectivity index (χ0) is 14.2. The van der Waals surface area contributed by atoms with Gasteiger partial charge in [-0.05, 0) is 59.1 Å². The Hall–Kier alpha value is -1.82. The molecule has 0 heterocycles. The number of allylic oxidation sites excluding steroid dienone is 4. The van der Waals surface area contributed by atoms with E-state index in [1.54, 1.807) is 11.1 Å². The van der Waals surface area contributed by atoms with E-state index < -0.39 is 0 Å². The molecule has 0 nitrogen and oxygen atoms in total. The molecule has 2 aliphatic carbocycles. The first-order valence-corrected chi connectivity index (χ1v) is 8.08. The molecule has 0 saturated carbocycles. The van der Waals surface area contributed by atoms with Crippen LogP contribution in [-0.4, -0.2) is 0 Å². The van der Waals surface area contributed by atoms with Crippen molar-refractivity contribution in [2.24, 2.45) is 5.92 Å². The molecule has 0 heteroatoms. The average Bonchev–Trinajstić information content (AvgIpc) is 2.55. The Kier molecular flexibility index (Phi) is 3.18. The molecule has 1 radical (unpaired) electrons. The van der Waals surface area contributed by atoms with Crippen molar-refractivity contribution in [2.45, 2.75) is 32.1 Å². The second-order valence-electron chi connectivity index (χ2n) is 6.24. The number of rotatable bonds is 2. The van der Waals surface area contributed by atoms with E-state index in [4.69, 9.17) is 0 Å². The van der Waals surface area contributed by atoms with Crippen LogP contribution in [0.15, 0.2) is 54.1 Å². The Bertz CT molecular complexity index is 746. The molecule has 0 aromatic heterocycles. The summed E-state index contributed by atoms with van der Waals surface area (Å²) in [6.07, 6.45) is 10.6. The highest BCUT2D eigenvalue weighted by molar-refractivity contribution is 5.94. The fourth-order valence-electron chi connectivity index (χ4n) is 4.07. The Morgan fingerprint density at radius 1 is 1.10 bits per heavy atom. The van der Waals surface area contributed by atoms with E-state index in [1.165, 1.54) is 47.6 Å². The maximum absolute atomic E-state index is 4.10. The first kappa shape index (κ1) is 12.9. The average molecular weight is 273 g/mol. The molecule has 0 unspecified atom stereocenters. The van der Waals surface area contributed by atoms with Crippen molar-refractivity contribution in [3.63, 3.8) is 0 Å². The molecule has 105 valence electrons. The number of hydrogen-bond acceptors (Lipinski definition) is 0. The van der Waals surface area contributed by atoms with Gasteiger partial charge in [0.2, 0.25) is 0 Å². The highest BCUT2D eigenvalue weighted by Crippen LogP contribution is 2.43. The third-order valence-electron chi connectivity index (χ3n) is 5.04. The number of fused-ring (bicyclic) bond motifs is 4. The molecule has 2 aromatic rings. The highest BCUT2D eigenvalue weighted by atomic mass is 14.3. The van der Waals surface area contributed by atoms with Crippen LogP contribution >= 0.6 is 0 Å². The monoisotopic (exact) mass is 273 g/mol. The summed E-state index contributed by atoms with van der Waals surface area (Å²) in [5, 5.41) is 2.81. The molecular formula is C21H21. The predicted molar refractivity (Wildman–Crippen MR) is 91.0 cm³/mol. The Morgan fingerprint density at radius 2 is 2.00 bits per heavy atom. The highest BCUT2D eigenvalue weighted by Gasteiger charge is 2.27. The third-order valence-corrected chi connectivity index (χ3v) is 5.04. The molecule has 2 aliphatic rings. The number of hydrogen-bond donors (Lipinski definition) is 0. The summed E-state index contributed by atoms with van der Waals surface area (Å²) in [6, 6.07) is 13.4. The second-order valence-corrected chi connectivity index (χ2v) is 6.24. The lowest BCUT2D eigenvalue weighted by atomic mass is 9.72. The first-order valence-electron chi connectivity index (χ1n) is 8.08. The molecule has 0 saturated heterocycles. The summed E-state index contributed by atoms with van der Waals surface area (Å²) < 4.78 is 0. The Labute approximate surface area is 127 Å². The standard InChI is InChI=1S/C21H21/c1-2-7-16-14-21-17-9-4-3-8-15(17)12-13-20(21)19-11-6-5-10-18(16)19/h3-4,6,8-9,11-13,16H,1-2,5,7,10,14H2/t16-/m0/s1. The van der Waals surface area contributed by atoms with Gasteiger partial charge in [-0.25, -0.2) is 0 Å². The molecule has 0 amide bonds. The van der Waals surface area contributed by atoms with Crippen molar-refractivity contribution < 1.29 is 0 Å². The zero-order valence-corrected chi connectivity index (χ0v) is 12.4. The van der Waals surface area contributed by atoms with E-state index in [0.29, 0.717) is 5.92 Å². The summed E-state index contributed by atoms with van der Waals surface area (Å²) in [4.78, 5) is 0. The minimum atomic E-state index is 0.695. The van der Waals surface area contributed by atoms with Crippen LogP contribution in [0.4, 0.5) is 0 Å². The van der Waals surface area contributed by atoms with Crippen LogP contribution < -0.4 is 0 Å². The van der Waals surface area contributed by atoms with Crippen LogP contribution in [0.5, 0.6) is 0 Å². The lowest BCUT2D eigenvalue weighted by Crippen LogP contribution is -2.17. The molecule has 4 rings (SSSR count). The molecule has 0 fully saturated rings. The van der Waals surface area contributed by atoms with Gasteiger partial charge in [-0.2, -0.15) is 0 Å². The van der Waals surface area contributed by atoms with Crippen LogP contribution in [0.1, 0.15) is 36.8 Å². The van der Waals surface area contributed by atoms with Gasteiger partial charge in [-0.15, -0.1) is 0 Å². The molecule has 0 bridgehead atoms. The molecule has 1 atom stereocenters. The largest absolute Gasteiger partial charge is 0.0836 e. The third kappa shape index (κ3) is 2.05. The minimum absolute atomic E-state index is 0.695. The van der Waals surface area contributed by atoms with Gasteiger partial charge in [0.1, 0.15) is 0 Å². The fraction of sp³-hybridized carbons (Fsp3) is 0.286. The van der Waals surface area contributed by atoms with Crippen molar-refractivity contribution in [1.82, 2.24) is 0 Å². The molecule has 2 aromatic carbocycles. The van der Waals surface area contributed by atoms with Gasteiger partial charge >= 0.3 is 0 Å². The van der Waals surface area contributed by atoms with Crippen LogP contribution in [0.2, 0.25) is 0 Å². The summed E-state index contributed by atoms with van der Waals surface area (Å²) in [6.45, 7) is 4.10. The van der Waals surface area contributed by atoms with Gasteiger partial charge in [0, 0.05) is 0 Å². The molecular weight excluding hydrogens is 252 g/mol. The van der Waals surface area contributed by atoms with Gasteiger partial charge in [0.15, 0.2) is 0 Å². The van der Waals surface area contributed by atoms with Crippen molar-refractivity contribution in [2.75, 3.05) is 0 Å². The van der Waals surface area contributed by atoms with Crippen molar-refractivity contribution in [1.29, 1.82) is 0 Å². The van der Waals surface area contributed by atoms with E-state index in [0.717, 1.165) is 6.42 Å². The van der Waals surface area contributed by atoms with E-state index >= 15 is 0 Å². The van der Waals surface area contributed by atoms with Gasteiger partial charge in [0.25, 0.3) is 0 Å². The maximum atomic E-state index is 4.10. The topological polar surface area (TPSA) is 0 Å². The number of benzene rings is 2. The summed E-state index contributed by atoms with van der Waals surface area (Å²) in [5.74, 6) is 0.695. The lowest BCUT2D eigenvalue weighted by Gasteiger charge is -2.32. The van der Waals surface area contributed by atoms with Gasteiger partial charge in [0.05, 0.1) is 0 Å². The fourth-order valence-corrected chi connectivity index (χ4v) is 4.07. The van der Waals surface area contributed by atoms with E-state index in [-0.39, 0.29) is 0 Å².